The summed E-state index contributed by atoms with van der Waals surface area (Å²) in [5.74, 6) is 0. The Morgan fingerprint density at radius 1 is 0.328 bits per heavy atom. The van der Waals surface area contributed by atoms with Crippen LogP contribution < -0.4 is 4.90 Å². The topological polar surface area (TPSA) is 3.24 Å². The lowest BCUT2D eigenvalue weighted by molar-refractivity contribution is 0.353. The molecule has 0 bridgehead atoms. The van der Waals surface area contributed by atoms with Crippen molar-refractivity contribution in [1.29, 1.82) is 0 Å². The van der Waals surface area contributed by atoms with Gasteiger partial charge >= 0.3 is 0 Å². The Morgan fingerprint density at radius 2 is 0.770 bits per heavy atom. The Balaban J connectivity index is 1.00. The van der Waals surface area contributed by atoms with Crippen LogP contribution in [0.5, 0.6) is 0 Å². The summed E-state index contributed by atoms with van der Waals surface area (Å²) in [5.41, 5.74) is 25.5. The average molecular weight is 786 g/mol. The fourth-order valence-corrected chi connectivity index (χ4v) is 12.4. The summed E-state index contributed by atoms with van der Waals surface area (Å²) in [5, 5.41) is 0. The van der Waals surface area contributed by atoms with Gasteiger partial charge < -0.3 is 4.90 Å². The molecule has 8 aromatic rings. The van der Waals surface area contributed by atoms with Crippen LogP contribution in [-0.2, 0) is 16.2 Å². The molecule has 296 valence electrons. The van der Waals surface area contributed by atoms with Crippen LogP contribution in [0.1, 0.15) is 93.2 Å². The maximum Gasteiger partial charge on any atom is 0.0465 e. The first-order valence-electron chi connectivity index (χ1n) is 22.5. The monoisotopic (exact) mass is 785 g/mol. The lowest BCUT2D eigenvalue weighted by atomic mass is 9.68. The Morgan fingerprint density at radius 3 is 1.43 bits per heavy atom. The van der Waals surface area contributed by atoms with Crippen molar-refractivity contribution in [1.82, 2.24) is 0 Å². The van der Waals surface area contributed by atoms with E-state index in [2.05, 4.69) is 209 Å². The second-order valence-electron chi connectivity index (χ2n) is 19.1. The van der Waals surface area contributed by atoms with Crippen LogP contribution in [0.3, 0.4) is 0 Å². The summed E-state index contributed by atoms with van der Waals surface area (Å²) in [7, 11) is 0. The SMILES string of the molecule is CC1(C)c2ccccc2-c2ccc(N(c3ccc(-c4ccccc4-c4cccc5c4C(C)(C)c4ccccc4-5)cc3)c3ccc4c(c3)C3(CCCCC3)c3ccccc3-4)cc21. The highest BCUT2D eigenvalue weighted by atomic mass is 15.1. The molecule has 0 unspecified atom stereocenters. The zero-order chi connectivity index (χ0) is 41.1. The Bertz CT molecular complexity index is 3060. The maximum absolute atomic E-state index is 2.56. The van der Waals surface area contributed by atoms with E-state index in [0.29, 0.717) is 0 Å². The first kappa shape index (κ1) is 36.4. The summed E-state index contributed by atoms with van der Waals surface area (Å²) in [6, 6.07) is 67.1. The molecule has 4 aliphatic rings. The molecule has 8 aromatic carbocycles. The maximum atomic E-state index is 2.56. The number of fused-ring (bicyclic) bond motifs is 11. The number of benzene rings is 8. The van der Waals surface area contributed by atoms with Crippen molar-refractivity contribution in [2.75, 3.05) is 4.90 Å². The smallest absolute Gasteiger partial charge is 0.0465 e. The molecule has 0 heterocycles. The van der Waals surface area contributed by atoms with Crippen LogP contribution in [0.4, 0.5) is 17.1 Å². The highest BCUT2D eigenvalue weighted by molar-refractivity contribution is 5.94. The largest absolute Gasteiger partial charge is 0.310 e. The summed E-state index contributed by atoms with van der Waals surface area (Å²) >= 11 is 0. The van der Waals surface area contributed by atoms with Gasteiger partial charge in [0.05, 0.1) is 0 Å². The first-order chi connectivity index (χ1) is 29.8. The van der Waals surface area contributed by atoms with E-state index in [1.165, 1.54) is 138 Å². The van der Waals surface area contributed by atoms with Gasteiger partial charge in [-0.05, 0) is 138 Å². The Labute approximate surface area is 361 Å². The second kappa shape index (κ2) is 13.3. The van der Waals surface area contributed by atoms with Gasteiger partial charge in [0.25, 0.3) is 0 Å². The minimum Gasteiger partial charge on any atom is -0.310 e. The summed E-state index contributed by atoms with van der Waals surface area (Å²) < 4.78 is 0. The van der Waals surface area contributed by atoms with Crippen molar-refractivity contribution in [2.45, 2.75) is 76.0 Å². The predicted octanol–water partition coefficient (Wildman–Crippen LogP) is 16.3. The lowest BCUT2D eigenvalue weighted by Crippen LogP contribution is -2.28. The van der Waals surface area contributed by atoms with Crippen LogP contribution in [0.15, 0.2) is 176 Å². The van der Waals surface area contributed by atoms with Gasteiger partial charge in [-0.2, -0.15) is 0 Å². The minimum absolute atomic E-state index is 0.0779. The number of hydrogen-bond acceptors (Lipinski definition) is 1. The fraction of sp³-hybridized carbons (Fsp3) is 0.200. The van der Waals surface area contributed by atoms with Crippen molar-refractivity contribution in [3.8, 4) is 55.6 Å². The average Bonchev–Trinajstić information content (AvgIpc) is 3.81. The highest BCUT2D eigenvalue weighted by Gasteiger charge is 2.44. The second-order valence-corrected chi connectivity index (χ2v) is 19.1. The van der Waals surface area contributed by atoms with E-state index in [4.69, 9.17) is 0 Å². The third kappa shape index (κ3) is 5.19. The molecule has 1 fully saturated rings. The Hall–Kier alpha value is -6.44. The van der Waals surface area contributed by atoms with Gasteiger partial charge in [0, 0.05) is 33.3 Å². The molecule has 0 aliphatic heterocycles. The van der Waals surface area contributed by atoms with Gasteiger partial charge in [0.1, 0.15) is 0 Å². The van der Waals surface area contributed by atoms with Crippen LogP contribution in [0, 0.1) is 0 Å². The molecule has 1 saturated carbocycles. The van der Waals surface area contributed by atoms with Gasteiger partial charge in [-0.3, -0.25) is 0 Å². The van der Waals surface area contributed by atoms with Gasteiger partial charge in [0.15, 0.2) is 0 Å². The minimum atomic E-state index is -0.0980. The lowest BCUT2D eigenvalue weighted by Gasteiger charge is -2.36. The van der Waals surface area contributed by atoms with E-state index in [1.54, 1.807) is 0 Å². The van der Waals surface area contributed by atoms with Crippen LogP contribution in [0.2, 0.25) is 0 Å². The molecule has 0 saturated heterocycles. The molecular formula is C60H51N. The number of nitrogens with zero attached hydrogens (tertiary/aromatic N) is 1. The van der Waals surface area contributed by atoms with Crippen LogP contribution in [-0.4, -0.2) is 0 Å². The van der Waals surface area contributed by atoms with E-state index < -0.39 is 0 Å². The number of anilines is 3. The third-order valence-corrected chi connectivity index (χ3v) is 15.3. The zero-order valence-electron chi connectivity index (χ0n) is 35.7. The molecule has 1 spiro atoms. The molecule has 4 aliphatic carbocycles. The van der Waals surface area contributed by atoms with Gasteiger partial charge in [-0.25, -0.2) is 0 Å². The predicted molar refractivity (Wildman–Crippen MR) is 256 cm³/mol. The molecule has 0 aromatic heterocycles. The van der Waals surface area contributed by atoms with Crippen molar-refractivity contribution in [2.24, 2.45) is 0 Å². The molecule has 61 heavy (non-hydrogen) atoms. The van der Waals surface area contributed by atoms with Crippen molar-refractivity contribution < 1.29 is 0 Å². The molecule has 0 amide bonds. The highest BCUT2D eigenvalue weighted by Crippen LogP contribution is 2.58. The molecular weight excluding hydrogens is 735 g/mol. The quantitative estimate of drug-likeness (QED) is 0.168. The Kier molecular flexibility index (Phi) is 7.93. The summed E-state index contributed by atoms with van der Waals surface area (Å²) in [4.78, 5) is 2.53. The van der Waals surface area contributed by atoms with Crippen LogP contribution in [0.25, 0.3) is 55.6 Å². The van der Waals surface area contributed by atoms with E-state index >= 15 is 0 Å². The molecule has 0 N–H and O–H groups in total. The van der Waals surface area contributed by atoms with Gasteiger partial charge in [-0.1, -0.05) is 186 Å². The van der Waals surface area contributed by atoms with Crippen molar-refractivity contribution in [3.05, 3.63) is 209 Å². The number of rotatable bonds is 5. The van der Waals surface area contributed by atoms with E-state index in [9.17, 15) is 0 Å². The molecule has 0 atom stereocenters. The van der Waals surface area contributed by atoms with Crippen molar-refractivity contribution >= 4 is 17.1 Å². The zero-order valence-corrected chi connectivity index (χ0v) is 35.7. The first-order valence-corrected chi connectivity index (χ1v) is 22.5. The van der Waals surface area contributed by atoms with Crippen LogP contribution >= 0.6 is 0 Å². The van der Waals surface area contributed by atoms with E-state index in [0.717, 1.165) is 0 Å². The molecule has 12 rings (SSSR count). The number of hydrogen-bond donors (Lipinski definition) is 0. The standard InChI is InChI=1S/C60H51N/c1-58(2)52-24-11-8-19-45(52)48-33-31-41(37-55(48)58)61(42-32-34-49-46-20-10-13-26-54(46)60(56(49)38-42)35-14-5-15-36-60)40-29-27-39(28-30-40)43-17-6-7-18-44(43)50-22-16-23-51-47-21-9-12-25-53(47)59(3,4)57(50)51/h6-13,16-34,37-38H,5,14-15,35-36H2,1-4H3. The summed E-state index contributed by atoms with van der Waals surface area (Å²) in [6.07, 6.45) is 6.32. The van der Waals surface area contributed by atoms with Gasteiger partial charge in [-0.15, -0.1) is 0 Å². The normalized spacial score (nSPS) is 16.6. The fourth-order valence-electron chi connectivity index (χ4n) is 12.4. The molecule has 1 nitrogen and oxygen atoms in total. The van der Waals surface area contributed by atoms with Crippen molar-refractivity contribution in [3.63, 3.8) is 0 Å². The molecule has 0 radical (unpaired) electrons. The van der Waals surface area contributed by atoms with E-state index in [-0.39, 0.29) is 16.2 Å². The molecule has 1 heteroatoms. The third-order valence-electron chi connectivity index (χ3n) is 15.3. The summed E-state index contributed by atoms with van der Waals surface area (Å²) in [6.45, 7) is 9.55. The van der Waals surface area contributed by atoms with E-state index in [1.807, 2.05) is 0 Å². The van der Waals surface area contributed by atoms with Gasteiger partial charge in [0.2, 0.25) is 0 Å².